The zero-order chi connectivity index (χ0) is 16.7. The fourth-order valence-corrected chi connectivity index (χ4v) is 4.29. The summed E-state index contributed by atoms with van der Waals surface area (Å²) in [5.41, 5.74) is 1.07. The van der Waals surface area contributed by atoms with Crippen molar-refractivity contribution in [1.82, 2.24) is 14.7 Å². The van der Waals surface area contributed by atoms with E-state index in [1.807, 2.05) is 18.0 Å². The molecule has 1 amide bonds. The van der Waals surface area contributed by atoms with E-state index in [0.29, 0.717) is 16.1 Å². The standard InChI is InChI=1S/C18H18FN3OS/c1-21-18-13(16(20-21)12-7-3-4-8-14(12)19)11-15(24-18)17(23)22-9-5-2-6-10-22/h3-4,7-8,11H,2,5-6,9-10H2,1H3. The van der Waals surface area contributed by atoms with E-state index < -0.39 is 0 Å². The molecule has 124 valence electrons. The normalized spacial score (nSPS) is 15.2. The molecule has 1 aliphatic rings. The van der Waals surface area contributed by atoms with Crippen molar-refractivity contribution in [2.45, 2.75) is 19.3 Å². The first-order valence-electron chi connectivity index (χ1n) is 8.16. The van der Waals surface area contributed by atoms with Crippen molar-refractivity contribution in [2.24, 2.45) is 7.05 Å². The minimum absolute atomic E-state index is 0.0791. The second-order valence-electron chi connectivity index (χ2n) is 6.13. The Balaban J connectivity index is 1.77. The lowest BCUT2D eigenvalue weighted by Crippen LogP contribution is -2.35. The van der Waals surface area contributed by atoms with Crippen molar-refractivity contribution in [1.29, 1.82) is 0 Å². The van der Waals surface area contributed by atoms with Crippen LogP contribution < -0.4 is 0 Å². The van der Waals surface area contributed by atoms with Gasteiger partial charge in [-0.2, -0.15) is 5.10 Å². The van der Waals surface area contributed by atoms with Gasteiger partial charge in [0.2, 0.25) is 0 Å². The number of hydrogen-bond acceptors (Lipinski definition) is 3. The monoisotopic (exact) mass is 343 g/mol. The number of piperidine rings is 1. The topological polar surface area (TPSA) is 38.1 Å². The average molecular weight is 343 g/mol. The van der Waals surface area contributed by atoms with Gasteiger partial charge in [0.1, 0.15) is 16.3 Å². The molecule has 6 heteroatoms. The van der Waals surface area contributed by atoms with Gasteiger partial charge in [-0.15, -0.1) is 11.3 Å². The smallest absolute Gasteiger partial charge is 0.264 e. The molecule has 1 aliphatic heterocycles. The van der Waals surface area contributed by atoms with E-state index in [1.165, 1.54) is 23.8 Å². The second kappa shape index (κ2) is 6.02. The Morgan fingerprint density at radius 3 is 2.71 bits per heavy atom. The van der Waals surface area contributed by atoms with Gasteiger partial charge in [0.25, 0.3) is 5.91 Å². The van der Waals surface area contributed by atoms with Gasteiger partial charge < -0.3 is 4.90 Å². The van der Waals surface area contributed by atoms with Gasteiger partial charge in [-0.05, 0) is 37.5 Å². The summed E-state index contributed by atoms with van der Waals surface area (Å²) in [6.07, 6.45) is 3.33. The summed E-state index contributed by atoms with van der Waals surface area (Å²) in [5, 5.41) is 5.30. The molecule has 0 bridgehead atoms. The molecule has 1 fully saturated rings. The van der Waals surface area contributed by atoms with E-state index in [0.717, 1.165) is 36.1 Å². The number of thiophene rings is 1. The molecule has 3 aromatic rings. The van der Waals surface area contributed by atoms with Crippen molar-refractivity contribution >= 4 is 27.5 Å². The number of nitrogens with zero attached hydrogens (tertiary/aromatic N) is 3. The van der Waals surface area contributed by atoms with Gasteiger partial charge in [0, 0.05) is 31.1 Å². The van der Waals surface area contributed by atoms with Crippen LogP contribution in [0.2, 0.25) is 0 Å². The molecule has 1 saturated heterocycles. The SMILES string of the molecule is Cn1nc(-c2ccccc2F)c2cc(C(=O)N3CCCCC3)sc21. The Morgan fingerprint density at radius 2 is 1.96 bits per heavy atom. The number of aromatic nitrogens is 2. The Kier molecular flexibility index (Phi) is 3.84. The lowest BCUT2D eigenvalue weighted by atomic mass is 10.1. The number of rotatable bonds is 2. The molecule has 2 aromatic heterocycles. The molecule has 0 atom stereocenters. The molecular formula is C18H18FN3OS. The summed E-state index contributed by atoms with van der Waals surface area (Å²) in [6.45, 7) is 1.65. The minimum Gasteiger partial charge on any atom is -0.338 e. The van der Waals surface area contributed by atoms with E-state index in [1.54, 1.807) is 22.9 Å². The maximum Gasteiger partial charge on any atom is 0.264 e. The largest absolute Gasteiger partial charge is 0.338 e. The first kappa shape index (κ1) is 15.3. The van der Waals surface area contributed by atoms with Gasteiger partial charge in [-0.1, -0.05) is 12.1 Å². The molecule has 0 unspecified atom stereocenters. The van der Waals surface area contributed by atoms with Gasteiger partial charge >= 0.3 is 0 Å². The highest BCUT2D eigenvalue weighted by Gasteiger charge is 2.23. The molecule has 1 aromatic carbocycles. The Hall–Kier alpha value is -2.21. The van der Waals surface area contributed by atoms with Crippen molar-refractivity contribution in [3.8, 4) is 11.3 Å². The average Bonchev–Trinajstić information content (AvgIpc) is 3.17. The minimum atomic E-state index is -0.299. The van der Waals surface area contributed by atoms with Crippen molar-refractivity contribution in [3.05, 3.63) is 41.0 Å². The number of amides is 1. The molecule has 24 heavy (non-hydrogen) atoms. The van der Waals surface area contributed by atoms with Crippen LogP contribution in [0.1, 0.15) is 28.9 Å². The Bertz CT molecular complexity index is 908. The van der Waals surface area contributed by atoms with Crippen molar-refractivity contribution in [3.63, 3.8) is 0 Å². The van der Waals surface area contributed by atoms with Crippen LogP contribution in [-0.2, 0) is 7.05 Å². The summed E-state index contributed by atoms with van der Waals surface area (Å²) >= 11 is 1.43. The number of hydrogen-bond donors (Lipinski definition) is 0. The third-order valence-electron chi connectivity index (χ3n) is 4.49. The number of carbonyl (C=O) groups excluding carboxylic acids is 1. The van der Waals surface area contributed by atoms with E-state index in [2.05, 4.69) is 5.10 Å². The number of carbonyl (C=O) groups is 1. The molecule has 3 heterocycles. The predicted octanol–water partition coefficient (Wildman–Crippen LogP) is 4.07. The van der Waals surface area contributed by atoms with Crippen LogP contribution in [0.4, 0.5) is 4.39 Å². The summed E-state index contributed by atoms with van der Waals surface area (Å²) in [5.74, 6) is -0.219. The zero-order valence-corrected chi connectivity index (χ0v) is 14.3. The molecular weight excluding hydrogens is 325 g/mol. The predicted molar refractivity (Wildman–Crippen MR) is 93.7 cm³/mol. The molecule has 4 nitrogen and oxygen atoms in total. The van der Waals surface area contributed by atoms with E-state index in [4.69, 9.17) is 0 Å². The number of aryl methyl sites for hydroxylation is 1. The Labute approximate surface area is 143 Å². The molecule has 0 aliphatic carbocycles. The molecule has 0 N–H and O–H groups in total. The van der Waals surface area contributed by atoms with Gasteiger partial charge in [-0.3, -0.25) is 9.48 Å². The van der Waals surface area contributed by atoms with Crippen LogP contribution >= 0.6 is 11.3 Å². The quantitative estimate of drug-likeness (QED) is 0.703. The lowest BCUT2D eigenvalue weighted by Gasteiger charge is -2.26. The van der Waals surface area contributed by atoms with E-state index in [9.17, 15) is 9.18 Å². The van der Waals surface area contributed by atoms with Gasteiger partial charge in [-0.25, -0.2) is 4.39 Å². The van der Waals surface area contributed by atoms with Crippen LogP contribution in [0.5, 0.6) is 0 Å². The molecule has 0 radical (unpaired) electrons. The van der Waals surface area contributed by atoms with Gasteiger partial charge in [0.15, 0.2) is 0 Å². The van der Waals surface area contributed by atoms with Crippen LogP contribution in [0, 0.1) is 5.82 Å². The third-order valence-corrected chi connectivity index (χ3v) is 5.68. The van der Waals surface area contributed by atoms with Crippen LogP contribution in [0.25, 0.3) is 21.5 Å². The Morgan fingerprint density at radius 1 is 1.21 bits per heavy atom. The van der Waals surface area contributed by atoms with Crippen LogP contribution in [-0.4, -0.2) is 33.7 Å². The number of fused-ring (bicyclic) bond motifs is 1. The number of halogens is 1. The maximum absolute atomic E-state index is 14.1. The van der Waals surface area contributed by atoms with E-state index >= 15 is 0 Å². The molecule has 0 spiro atoms. The number of likely N-dealkylation sites (tertiary alicyclic amines) is 1. The van der Waals surface area contributed by atoms with E-state index in [-0.39, 0.29) is 11.7 Å². The van der Waals surface area contributed by atoms with Crippen molar-refractivity contribution in [2.75, 3.05) is 13.1 Å². The first-order valence-corrected chi connectivity index (χ1v) is 8.97. The molecule has 0 saturated carbocycles. The third kappa shape index (κ3) is 2.51. The van der Waals surface area contributed by atoms with Gasteiger partial charge in [0.05, 0.1) is 4.88 Å². The first-order chi connectivity index (χ1) is 11.6. The summed E-state index contributed by atoms with van der Waals surface area (Å²) in [6, 6.07) is 8.48. The highest BCUT2D eigenvalue weighted by Crippen LogP contribution is 2.35. The second-order valence-corrected chi connectivity index (χ2v) is 7.17. The fraction of sp³-hybridized carbons (Fsp3) is 0.333. The zero-order valence-electron chi connectivity index (χ0n) is 13.5. The van der Waals surface area contributed by atoms with Crippen LogP contribution in [0.15, 0.2) is 30.3 Å². The molecule has 4 rings (SSSR count). The summed E-state index contributed by atoms with van der Waals surface area (Å²) in [7, 11) is 1.83. The summed E-state index contributed by atoms with van der Waals surface area (Å²) in [4.78, 5) is 16.2. The van der Waals surface area contributed by atoms with Crippen molar-refractivity contribution < 1.29 is 9.18 Å². The lowest BCUT2D eigenvalue weighted by molar-refractivity contribution is 0.0729. The summed E-state index contributed by atoms with van der Waals surface area (Å²) < 4.78 is 15.9. The van der Waals surface area contributed by atoms with Crippen LogP contribution in [0.3, 0.4) is 0 Å². The number of benzene rings is 1. The highest BCUT2D eigenvalue weighted by molar-refractivity contribution is 7.20. The highest BCUT2D eigenvalue weighted by atomic mass is 32.1. The fourth-order valence-electron chi connectivity index (χ4n) is 3.25. The maximum atomic E-state index is 14.1.